The van der Waals surface area contributed by atoms with Gasteiger partial charge in [-0.15, -0.1) is 0 Å². The summed E-state index contributed by atoms with van der Waals surface area (Å²) in [7, 11) is 1.29. The van der Waals surface area contributed by atoms with Crippen LogP contribution in [0.5, 0.6) is 11.5 Å². The third-order valence-corrected chi connectivity index (χ3v) is 4.30. The van der Waals surface area contributed by atoms with E-state index in [0.717, 1.165) is 0 Å². The molecule has 0 spiro atoms. The van der Waals surface area contributed by atoms with Crippen molar-refractivity contribution in [2.45, 2.75) is 12.5 Å². The Hall–Kier alpha value is -2.77. The van der Waals surface area contributed by atoms with E-state index in [4.69, 9.17) is 25.8 Å². The Balaban J connectivity index is 1.76. The molecule has 2 aromatic rings. The highest BCUT2D eigenvalue weighted by atomic mass is 35.5. The standard InChI is InChI=1S/C21H25ClN2O5/c1-21(20(26)27-2,15-29-17-6-4-3-5-7-17)24-14-19(25)23-12-13-28-18-10-8-16(22)9-11-18/h3-11,24H,12-15H2,1-2H3,(H,23,25). The van der Waals surface area contributed by atoms with E-state index in [1.807, 2.05) is 18.2 Å². The summed E-state index contributed by atoms with van der Waals surface area (Å²) >= 11 is 5.81. The van der Waals surface area contributed by atoms with Crippen LogP contribution in [0.25, 0.3) is 0 Å². The van der Waals surface area contributed by atoms with E-state index in [1.54, 1.807) is 43.3 Å². The number of hydrogen-bond donors (Lipinski definition) is 2. The zero-order valence-corrected chi connectivity index (χ0v) is 17.2. The van der Waals surface area contributed by atoms with E-state index < -0.39 is 11.5 Å². The Morgan fingerprint density at radius 1 is 1.00 bits per heavy atom. The predicted molar refractivity (Wildman–Crippen MR) is 110 cm³/mol. The smallest absolute Gasteiger partial charge is 0.329 e. The number of benzene rings is 2. The van der Waals surface area contributed by atoms with Crippen LogP contribution in [0, 0.1) is 0 Å². The molecule has 156 valence electrons. The fourth-order valence-corrected chi connectivity index (χ4v) is 2.51. The number of halogens is 1. The minimum atomic E-state index is -1.18. The molecule has 1 atom stereocenters. The minimum Gasteiger partial charge on any atom is -0.492 e. The van der Waals surface area contributed by atoms with Crippen molar-refractivity contribution in [1.82, 2.24) is 10.6 Å². The number of ether oxygens (including phenoxy) is 3. The average Bonchev–Trinajstić information content (AvgIpc) is 2.75. The molecule has 0 bridgehead atoms. The largest absolute Gasteiger partial charge is 0.492 e. The van der Waals surface area contributed by atoms with Crippen molar-refractivity contribution < 1.29 is 23.8 Å². The van der Waals surface area contributed by atoms with Gasteiger partial charge in [0.05, 0.1) is 20.2 Å². The number of carbonyl (C=O) groups is 2. The summed E-state index contributed by atoms with van der Waals surface area (Å²) in [5, 5.41) is 6.26. The summed E-state index contributed by atoms with van der Waals surface area (Å²) in [6, 6.07) is 16.0. The number of hydrogen-bond acceptors (Lipinski definition) is 6. The highest BCUT2D eigenvalue weighted by Crippen LogP contribution is 2.15. The van der Waals surface area contributed by atoms with Crippen LogP contribution in [0.4, 0.5) is 0 Å². The lowest BCUT2D eigenvalue weighted by atomic mass is 10.0. The molecule has 0 saturated carbocycles. The maximum atomic E-state index is 12.2. The van der Waals surface area contributed by atoms with Gasteiger partial charge < -0.3 is 19.5 Å². The predicted octanol–water partition coefficient (Wildman–Crippen LogP) is 2.44. The third kappa shape index (κ3) is 7.63. The monoisotopic (exact) mass is 420 g/mol. The fourth-order valence-electron chi connectivity index (χ4n) is 2.38. The van der Waals surface area contributed by atoms with Crippen LogP contribution >= 0.6 is 11.6 Å². The maximum Gasteiger partial charge on any atom is 0.329 e. The van der Waals surface area contributed by atoms with Crippen LogP contribution in [-0.2, 0) is 14.3 Å². The second-order valence-electron chi connectivity index (χ2n) is 6.43. The van der Waals surface area contributed by atoms with Gasteiger partial charge in [-0.2, -0.15) is 0 Å². The number of amides is 1. The van der Waals surface area contributed by atoms with E-state index in [1.165, 1.54) is 7.11 Å². The SMILES string of the molecule is COC(=O)C(C)(COc1ccccc1)NCC(=O)NCCOc1ccc(Cl)cc1. The first kappa shape index (κ1) is 22.5. The van der Waals surface area contributed by atoms with Gasteiger partial charge >= 0.3 is 5.97 Å². The Labute approximate surface area is 175 Å². The fraction of sp³-hybridized carbons (Fsp3) is 0.333. The van der Waals surface area contributed by atoms with E-state index >= 15 is 0 Å². The first-order chi connectivity index (χ1) is 13.9. The van der Waals surface area contributed by atoms with Gasteiger partial charge in [-0.25, -0.2) is 4.79 Å². The first-order valence-corrected chi connectivity index (χ1v) is 9.47. The van der Waals surface area contributed by atoms with Gasteiger partial charge in [0.25, 0.3) is 0 Å². The molecular weight excluding hydrogens is 396 g/mol. The highest BCUT2D eigenvalue weighted by molar-refractivity contribution is 6.30. The molecule has 0 aliphatic heterocycles. The van der Waals surface area contributed by atoms with Gasteiger partial charge in [-0.1, -0.05) is 29.8 Å². The van der Waals surface area contributed by atoms with Crippen molar-refractivity contribution >= 4 is 23.5 Å². The van der Waals surface area contributed by atoms with Gasteiger partial charge in [0.1, 0.15) is 30.3 Å². The first-order valence-electron chi connectivity index (χ1n) is 9.09. The molecule has 1 unspecified atom stereocenters. The average molecular weight is 421 g/mol. The van der Waals surface area contributed by atoms with Crippen molar-refractivity contribution in [2.75, 3.05) is 33.4 Å². The number of rotatable bonds is 11. The van der Waals surface area contributed by atoms with Crippen LogP contribution in [0.3, 0.4) is 0 Å². The summed E-state index contributed by atoms with van der Waals surface area (Å²) in [4.78, 5) is 24.3. The van der Waals surface area contributed by atoms with Crippen LogP contribution in [-0.4, -0.2) is 50.8 Å². The van der Waals surface area contributed by atoms with Gasteiger partial charge in [-0.3, -0.25) is 10.1 Å². The van der Waals surface area contributed by atoms with Crippen molar-refractivity contribution in [3.63, 3.8) is 0 Å². The molecule has 29 heavy (non-hydrogen) atoms. The van der Waals surface area contributed by atoms with Crippen molar-refractivity contribution in [3.8, 4) is 11.5 Å². The van der Waals surface area contributed by atoms with Crippen molar-refractivity contribution in [1.29, 1.82) is 0 Å². The van der Waals surface area contributed by atoms with Crippen LogP contribution < -0.4 is 20.1 Å². The number of carbonyl (C=O) groups excluding carboxylic acids is 2. The van der Waals surface area contributed by atoms with Gasteiger partial charge in [-0.05, 0) is 43.3 Å². The van der Waals surface area contributed by atoms with E-state index in [0.29, 0.717) is 29.7 Å². The molecule has 0 aliphatic carbocycles. The van der Waals surface area contributed by atoms with Crippen molar-refractivity contribution in [2.24, 2.45) is 0 Å². The lowest BCUT2D eigenvalue weighted by Gasteiger charge is -2.27. The summed E-state index contributed by atoms with van der Waals surface area (Å²) in [6.07, 6.45) is 0. The van der Waals surface area contributed by atoms with E-state index in [9.17, 15) is 9.59 Å². The molecule has 1 amide bonds. The molecule has 0 heterocycles. The zero-order chi connectivity index (χ0) is 21.1. The Bertz CT molecular complexity index is 785. The third-order valence-electron chi connectivity index (χ3n) is 4.05. The molecule has 2 rings (SSSR count). The number of nitrogens with one attached hydrogen (secondary N) is 2. The second kappa shape index (κ2) is 11.3. The Morgan fingerprint density at radius 3 is 2.31 bits per heavy atom. The molecule has 7 nitrogen and oxygen atoms in total. The summed E-state index contributed by atoms with van der Waals surface area (Å²) < 4.78 is 16.0. The van der Waals surface area contributed by atoms with Crippen LogP contribution in [0.15, 0.2) is 54.6 Å². The minimum absolute atomic E-state index is 0.0106. The molecule has 0 aliphatic rings. The number of para-hydroxylation sites is 1. The van der Waals surface area contributed by atoms with E-state index in [-0.39, 0.29) is 19.1 Å². The number of esters is 1. The van der Waals surface area contributed by atoms with Crippen LogP contribution in [0.1, 0.15) is 6.92 Å². The topological polar surface area (TPSA) is 85.9 Å². The van der Waals surface area contributed by atoms with Crippen molar-refractivity contribution in [3.05, 3.63) is 59.6 Å². The lowest BCUT2D eigenvalue weighted by molar-refractivity contribution is -0.149. The Kier molecular flexibility index (Phi) is 8.76. The molecule has 8 heteroatoms. The zero-order valence-electron chi connectivity index (χ0n) is 16.4. The van der Waals surface area contributed by atoms with Gasteiger partial charge in [0.2, 0.25) is 5.91 Å². The summed E-state index contributed by atoms with van der Waals surface area (Å²) in [5.74, 6) is 0.484. The summed E-state index contributed by atoms with van der Waals surface area (Å²) in [6.45, 7) is 2.18. The lowest BCUT2D eigenvalue weighted by Crippen LogP contribution is -2.57. The molecule has 0 fully saturated rings. The normalized spacial score (nSPS) is 12.5. The molecular formula is C21H25ClN2O5. The molecule has 0 radical (unpaired) electrons. The quantitative estimate of drug-likeness (QED) is 0.429. The Morgan fingerprint density at radius 2 is 1.66 bits per heavy atom. The summed E-state index contributed by atoms with van der Waals surface area (Å²) in [5.41, 5.74) is -1.18. The van der Waals surface area contributed by atoms with Crippen LogP contribution in [0.2, 0.25) is 5.02 Å². The molecule has 0 aromatic heterocycles. The van der Waals surface area contributed by atoms with E-state index in [2.05, 4.69) is 10.6 Å². The molecule has 2 aromatic carbocycles. The highest BCUT2D eigenvalue weighted by Gasteiger charge is 2.35. The second-order valence-corrected chi connectivity index (χ2v) is 6.87. The van der Waals surface area contributed by atoms with Gasteiger partial charge in [0, 0.05) is 5.02 Å². The maximum absolute atomic E-state index is 12.2. The molecule has 0 saturated heterocycles. The van der Waals surface area contributed by atoms with Gasteiger partial charge in [0.15, 0.2) is 0 Å². The number of methoxy groups -OCH3 is 1. The molecule has 2 N–H and O–H groups in total.